The molecule has 1 aromatic heterocycles. The number of halogens is 2. The number of anilines is 1. The van der Waals surface area contributed by atoms with Gasteiger partial charge in [0.1, 0.15) is 0 Å². The van der Waals surface area contributed by atoms with Crippen LogP contribution in [-0.4, -0.2) is 34.9 Å². The zero-order valence-electron chi connectivity index (χ0n) is 14.7. The summed E-state index contributed by atoms with van der Waals surface area (Å²) in [5.74, 6) is -1.78. The molecular formula is C21H19F2N3O. The lowest BCUT2D eigenvalue weighted by molar-refractivity contribution is 0.0715. The fourth-order valence-corrected chi connectivity index (χ4v) is 3.49. The molecule has 1 atom stereocenters. The molecule has 0 aliphatic carbocycles. The van der Waals surface area contributed by atoms with Crippen molar-refractivity contribution in [3.05, 3.63) is 71.9 Å². The van der Waals surface area contributed by atoms with Crippen LogP contribution in [0.1, 0.15) is 23.2 Å². The Morgan fingerprint density at radius 3 is 2.85 bits per heavy atom. The second kappa shape index (κ2) is 7.31. The molecule has 1 aliphatic heterocycles. The number of carbonyl (C=O) groups excluding carboxylic acids is 1. The van der Waals surface area contributed by atoms with E-state index < -0.39 is 11.6 Å². The average molecular weight is 367 g/mol. The van der Waals surface area contributed by atoms with Crippen molar-refractivity contribution in [2.24, 2.45) is 0 Å². The molecule has 0 radical (unpaired) electrons. The number of rotatable bonds is 3. The van der Waals surface area contributed by atoms with E-state index in [1.54, 1.807) is 17.2 Å². The second-order valence-corrected chi connectivity index (χ2v) is 6.77. The molecule has 0 spiro atoms. The van der Waals surface area contributed by atoms with Crippen LogP contribution in [0, 0.1) is 11.6 Å². The third-order valence-corrected chi connectivity index (χ3v) is 4.85. The number of nitrogens with zero attached hydrogens (tertiary/aromatic N) is 2. The second-order valence-electron chi connectivity index (χ2n) is 6.77. The predicted molar refractivity (Wildman–Crippen MR) is 101 cm³/mol. The van der Waals surface area contributed by atoms with Gasteiger partial charge in [0.05, 0.1) is 5.52 Å². The summed E-state index contributed by atoms with van der Waals surface area (Å²) < 4.78 is 26.5. The van der Waals surface area contributed by atoms with Gasteiger partial charge in [0, 0.05) is 48.0 Å². The number of pyridine rings is 1. The summed E-state index contributed by atoms with van der Waals surface area (Å²) in [5.41, 5.74) is 2.00. The molecule has 1 N–H and O–H groups in total. The van der Waals surface area contributed by atoms with Gasteiger partial charge in [-0.1, -0.05) is 6.07 Å². The number of piperidine rings is 1. The van der Waals surface area contributed by atoms with E-state index in [-0.39, 0.29) is 11.9 Å². The Kier molecular flexibility index (Phi) is 4.71. The van der Waals surface area contributed by atoms with E-state index in [1.807, 2.05) is 24.3 Å². The molecule has 1 fully saturated rings. The third kappa shape index (κ3) is 3.74. The van der Waals surface area contributed by atoms with Crippen LogP contribution in [-0.2, 0) is 0 Å². The van der Waals surface area contributed by atoms with E-state index in [2.05, 4.69) is 10.3 Å². The number of likely N-dealkylation sites (tertiary alicyclic amines) is 1. The maximum Gasteiger partial charge on any atom is 0.253 e. The van der Waals surface area contributed by atoms with Crippen LogP contribution in [0.25, 0.3) is 10.9 Å². The Hall–Kier alpha value is -3.02. The number of hydrogen-bond acceptors (Lipinski definition) is 3. The average Bonchev–Trinajstić information content (AvgIpc) is 2.70. The molecule has 4 rings (SSSR count). The first-order chi connectivity index (χ1) is 13.1. The minimum atomic E-state index is -0.881. The Morgan fingerprint density at radius 1 is 1.11 bits per heavy atom. The molecule has 2 aromatic carbocycles. The zero-order chi connectivity index (χ0) is 18.8. The quantitative estimate of drug-likeness (QED) is 0.754. The van der Waals surface area contributed by atoms with Crippen LogP contribution >= 0.6 is 0 Å². The summed E-state index contributed by atoms with van der Waals surface area (Å²) in [6.45, 7) is 1.20. The van der Waals surface area contributed by atoms with E-state index in [0.717, 1.165) is 35.9 Å². The van der Waals surface area contributed by atoms with Crippen LogP contribution < -0.4 is 5.32 Å². The zero-order valence-corrected chi connectivity index (χ0v) is 14.7. The smallest absolute Gasteiger partial charge is 0.253 e. The monoisotopic (exact) mass is 367 g/mol. The summed E-state index contributed by atoms with van der Waals surface area (Å²) in [6.07, 6.45) is 3.44. The topological polar surface area (TPSA) is 45.2 Å². The van der Waals surface area contributed by atoms with E-state index >= 15 is 0 Å². The Bertz CT molecular complexity index is 992. The maximum absolute atomic E-state index is 13.4. The van der Waals surface area contributed by atoms with Gasteiger partial charge in [-0.3, -0.25) is 9.78 Å². The predicted octanol–water partition coefficient (Wildman–Crippen LogP) is 4.23. The van der Waals surface area contributed by atoms with Crippen molar-refractivity contribution in [3.63, 3.8) is 0 Å². The van der Waals surface area contributed by atoms with Gasteiger partial charge in [-0.2, -0.15) is 0 Å². The highest BCUT2D eigenvalue weighted by atomic mass is 19.2. The maximum atomic E-state index is 13.4. The molecule has 3 aromatic rings. The minimum absolute atomic E-state index is 0.00492. The highest BCUT2D eigenvalue weighted by molar-refractivity contribution is 5.98. The van der Waals surface area contributed by atoms with Crippen LogP contribution in [0.2, 0.25) is 0 Å². The largest absolute Gasteiger partial charge is 0.380 e. The Morgan fingerprint density at radius 2 is 2.00 bits per heavy atom. The molecule has 1 amide bonds. The summed E-state index contributed by atoms with van der Waals surface area (Å²) in [6, 6.07) is 13.0. The van der Waals surface area contributed by atoms with Gasteiger partial charge in [-0.25, -0.2) is 8.78 Å². The van der Waals surface area contributed by atoms with Crippen molar-refractivity contribution in [1.82, 2.24) is 9.88 Å². The van der Waals surface area contributed by atoms with Crippen LogP contribution in [0.4, 0.5) is 14.5 Å². The first-order valence-electron chi connectivity index (χ1n) is 8.96. The van der Waals surface area contributed by atoms with Crippen LogP contribution in [0.3, 0.4) is 0 Å². The molecule has 6 heteroatoms. The van der Waals surface area contributed by atoms with Crippen molar-refractivity contribution in [1.29, 1.82) is 0 Å². The van der Waals surface area contributed by atoms with Gasteiger partial charge in [0.25, 0.3) is 5.91 Å². The molecule has 2 heterocycles. The summed E-state index contributed by atoms with van der Waals surface area (Å²) in [5, 5.41) is 4.13. The molecule has 138 valence electrons. The van der Waals surface area contributed by atoms with Crippen molar-refractivity contribution < 1.29 is 13.6 Å². The standard InChI is InChI=1S/C21H19F2N3O/c22-18-7-6-16(12-19(18)23)25-17-4-2-10-26(13-17)21(27)15-5-8-20-14(11-15)3-1-9-24-20/h1,3,5-9,11-12,17,25H,2,4,10,13H2/t17-/m0/s1. The molecule has 4 nitrogen and oxygen atoms in total. The lowest BCUT2D eigenvalue weighted by Gasteiger charge is -2.34. The summed E-state index contributed by atoms with van der Waals surface area (Å²) in [7, 11) is 0. The molecule has 0 unspecified atom stereocenters. The number of benzene rings is 2. The molecule has 1 aliphatic rings. The highest BCUT2D eigenvalue weighted by Crippen LogP contribution is 2.21. The Balaban J connectivity index is 1.48. The third-order valence-electron chi connectivity index (χ3n) is 4.85. The summed E-state index contributed by atoms with van der Waals surface area (Å²) >= 11 is 0. The van der Waals surface area contributed by atoms with Gasteiger partial charge in [0.15, 0.2) is 11.6 Å². The van der Waals surface area contributed by atoms with Gasteiger partial charge in [-0.15, -0.1) is 0 Å². The minimum Gasteiger partial charge on any atom is -0.380 e. The fourth-order valence-electron chi connectivity index (χ4n) is 3.49. The SMILES string of the molecule is O=C(c1ccc2ncccc2c1)N1CCC[C@H](Nc2ccc(F)c(F)c2)C1. The molecule has 0 saturated carbocycles. The molecular weight excluding hydrogens is 348 g/mol. The molecule has 0 bridgehead atoms. The van der Waals surface area contributed by atoms with E-state index in [0.29, 0.717) is 24.3 Å². The number of amides is 1. The number of fused-ring (bicyclic) bond motifs is 1. The van der Waals surface area contributed by atoms with Gasteiger partial charge < -0.3 is 10.2 Å². The van der Waals surface area contributed by atoms with E-state index in [4.69, 9.17) is 0 Å². The number of hydrogen-bond donors (Lipinski definition) is 1. The first-order valence-corrected chi connectivity index (χ1v) is 8.96. The first kappa shape index (κ1) is 17.4. The summed E-state index contributed by atoms with van der Waals surface area (Å²) in [4.78, 5) is 19.0. The van der Waals surface area contributed by atoms with Crippen molar-refractivity contribution in [2.75, 3.05) is 18.4 Å². The molecule has 27 heavy (non-hydrogen) atoms. The van der Waals surface area contributed by atoms with Crippen LogP contribution in [0.5, 0.6) is 0 Å². The van der Waals surface area contributed by atoms with E-state index in [1.165, 1.54) is 6.07 Å². The lowest BCUT2D eigenvalue weighted by Crippen LogP contribution is -2.45. The van der Waals surface area contributed by atoms with E-state index in [9.17, 15) is 13.6 Å². The molecule has 1 saturated heterocycles. The van der Waals surface area contributed by atoms with Gasteiger partial charge in [-0.05, 0) is 49.2 Å². The number of aromatic nitrogens is 1. The Labute approximate surface area is 155 Å². The van der Waals surface area contributed by atoms with Gasteiger partial charge >= 0.3 is 0 Å². The fraction of sp³-hybridized carbons (Fsp3) is 0.238. The van der Waals surface area contributed by atoms with Crippen molar-refractivity contribution in [3.8, 4) is 0 Å². The van der Waals surface area contributed by atoms with Gasteiger partial charge in [0.2, 0.25) is 0 Å². The van der Waals surface area contributed by atoms with Crippen molar-refractivity contribution >= 4 is 22.5 Å². The number of carbonyl (C=O) groups is 1. The highest BCUT2D eigenvalue weighted by Gasteiger charge is 2.24. The normalized spacial score (nSPS) is 17.1. The van der Waals surface area contributed by atoms with Crippen molar-refractivity contribution in [2.45, 2.75) is 18.9 Å². The lowest BCUT2D eigenvalue weighted by atomic mass is 10.0. The van der Waals surface area contributed by atoms with Crippen LogP contribution in [0.15, 0.2) is 54.7 Å². The number of nitrogens with one attached hydrogen (secondary N) is 1.